The summed E-state index contributed by atoms with van der Waals surface area (Å²) in [5.74, 6) is 0. The minimum atomic E-state index is 0.210. The maximum absolute atomic E-state index is 5.97. The summed E-state index contributed by atoms with van der Waals surface area (Å²) in [7, 11) is 1.99. The molecular weight excluding hydrogens is 250 g/mol. The number of likely N-dealkylation sites (N-methyl/N-ethyl adjacent to an activating group) is 1. The number of fused-ring (bicyclic) bond motifs is 1. The van der Waals surface area contributed by atoms with Gasteiger partial charge in [0.15, 0.2) is 0 Å². The van der Waals surface area contributed by atoms with Gasteiger partial charge in [0.25, 0.3) is 0 Å². The lowest BCUT2D eigenvalue weighted by atomic mass is 9.99. The fraction of sp³-hybridized carbons (Fsp3) is 0.412. The van der Waals surface area contributed by atoms with Crippen LogP contribution in [0.15, 0.2) is 42.5 Å². The van der Waals surface area contributed by atoms with Crippen molar-refractivity contribution in [3.63, 3.8) is 0 Å². The summed E-state index contributed by atoms with van der Waals surface area (Å²) in [4.78, 5) is 0. The third-order valence-corrected chi connectivity index (χ3v) is 3.93. The monoisotopic (exact) mass is 271 g/mol. The molecule has 106 valence electrons. The van der Waals surface area contributed by atoms with E-state index in [0.29, 0.717) is 6.61 Å². The predicted molar refractivity (Wildman–Crippen MR) is 80.9 cm³/mol. The molecule has 1 N–H and O–H groups in total. The lowest BCUT2D eigenvalue weighted by molar-refractivity contribution is 0.0310. The third kappa shape index (κ3) is 2.85. The van der Waals surface area contributed by atoms with Gasteiger partial charge in [-0.05, 0) is 29.8 Å². The Morgan fingerprint density at radius 2 is 2.10 bits per heavy atom. The molecule has 1 aliphatic heterocycles. The van der Waals surface area contributed by atoms with Crippen LogP contribution in [0.2, 0.25) is 0 Å². The van der Waals surface area contributed by atoms with Gasteiger partial charge >= 0.3 is 0 Å². The second-order valence-electron chi connectivity index (χ2n) is 5.23. The lowest BCUT2D eigenvalue weighted by Crippen LogP contribution is -2.25. The molecule has 1 aliphatic rings. The quantitative estimate of drug-likeness (QED) is 0.907. The average molecular weight is 271 g/mol. The largest absolute Gasteiger partial charge is 0.379 e. The van der Waals surface area contributed by atoms with E-state index in [9.17, 15) is 0 Å². The van der Waals surface area contributed by atoms with E-state index >= 15 is 0 Å². The zero-order valence-corrected chi connectivity index (χ0v) is 11.8. The molecule has 0 aromatic heterocycles. The molecule has 0 amide bonds. The maximum Gasteiger partial charge on any atom is 0.0831 e. The Morgan fingerprint density at radius 1 is 1.25 bits per heavy atom. The van der Waals surface area contributed by atoms with Crippen LogP contribution in [0, 0.1) is 0 Å². The van der Waals surface area contributed by atoms with Gasteiger partial charge in [0, 0.05) is 6.61 Å². The standard InChI is InChI=1S/C17H21NO2/c1-18-17(12-20-14-9-10-19-11-14)16-8-4-6-13-5-2-3-7-15(13)16/h2-8,14,17-18H,9-12H2,1H3. The second-order valence-corrected chi connectivity index (χ2v) is 5.23. The van der Waals surface area contributed by atoms with E-state index in [2.05, 4.69) is 47.8 Å². The molecule has 1 heterocycles. The van der Waals surface area contributed by atoms with Crippen molar-refractivity contribution >= 4 is 10.8 Å². The summed E-state index contributed by atoms with van der Waals surface area (Å²) in [6.07, 6.45) is 1.26. The average Bonchev–Trinajstić information content (AvgIpc) is 3.01. The van der Waals surface area contributed by atoms with E-state index in [-0.39, 0.29) is 12.1 Å². The molecule has 3 heteroatoms. The smallest absolute Gasteiger partial charge is 0.0831 e. The topological polar surface area (TPSA) is 30.5 Å². The Morgan fingerprint density at radius 3 is 2.90 bits per heavy atom. The SMILES string of the molecule is CNC(COC1CCOC1)c1cccc2ccccc12. The maximum atomic E-state index is 5.97. The summed E-state index contributed by atoms with van der Waals surface area (Å²) in [6, 6.07) is 15.1. The Hall–Kier alpha value is -1.42. The van der Waals surface area contributed by atoms with Gasteiger partial charge in [0.05, 0.1) is 25.4 Å². The van der Waals surface area contributed by atoms with Gasteiger partial charge in [-0.3, -0.25) is 0 Å². The first kappa shape index (κ1) is 13.6. The Bertz CT molecular complexity index is 558. The highest BCUT2D eigenvalue weighted by Gasteiger charge is 2.19. The number of benzene rings is 2. The molecule has 2 aromatic rings. The molecular formula is C17H21NO2. The fourth-order valence-corrected chi connectivity index (χ4v) is 2.76. The lowest BCUT2D eigenvalue weighted by Gasteiger charge is -2.20. The molecule has 0 aliphatic carbocycles. The first-order valence-corrected chi connectivity index (χ1v) is 7.23. The summed E-state index contributed by atoms with van der Waals surface area (Å²) in [6.45, 7) is 2.23. The highest BCUT2D eigenvalue weighted by atomic mass is 16.5. The van der Waals surface area contributed by atoms with Crippen LogP contribution < -0.4 is 5.32 Å². The highest BCUT2D eigenvalue weighted by Crippen LogP contribution is 2.25. The van der Waals surface area contributed by atoms with Crippen molar-refractivity contribution in [2.45, 2.75) is 18.6 Å². The van der Waals surface area contributed by atoms with Crippen LogP contribution in [0.25, 0.3) is 10.8 Å². The van der Waals surface area contributed by atoms with Crippen LogP contribution >= 0.6 is 0 Å². The summed E-state index contributed by atoms with van der Waals surface area (Å²) in [5, 5.41) is 5.93. The van der Waals surface area contributed by atoms with Crippen LogP contribution in [0.4, 0.5) is 0 Å². The Labute approximate surface area is 119 Å². The fourth-order valence-electron chi connectivity index (χ4n) is 2.76. The highest BCUT2D eigenvalue weighted by molar-refractivity contribution is 5.86. The van der Waals surface area contributed by atoms with E-state index in [4.69, 9.17) is 9.47 Å². The molecule has 0 saturated carbocycles. The molecule has 1 saturated heterocycles. The van der Waals surface area contributed by atoms with Crippen molar-refractivity contribution in [2.24, 2.45) is 0 Å². The summed E-state index contributed by atoms with van der Waals surface area (Å²) in [5.41, 5.74) is 1.30. The van der Waals surface area contributed by atoms with Gasteiger partial charge in [-0.25, -0.2) is 0 Å². The number of rotatable bonds is 5. The van der Waals surface area contributed by atoms with E-state index < -0.39 is 0 Å². The molecule has 3 nitrogen and oxygen atoms in total. The van der Waals surface area contributed by atoms with Crippen LogP contribution in [-0.4, -0.2) is 33.0 Å². The van der Waals surface area contributed by atoms with Crippen molar-refractivity contribution < 1.29 is 9.47 Å². The van der Waals surface area contributed by atoms with Crippen molar-refractivity contribution in [3.8, 4) is 0 Å². The zero-order valence-electron chi connectivity index (χ0n) is 11.8. The summed E-state index contributed by atoms with van der Waals surface area (Å²) >= 11 is 0. The molecule has 3 rings (SSSR count). The van der Waals surface area contributed by atoms with Gasteiger partial charge in [-0.15, -0.1) is 0 Å². The normalized spacial score (nSPS) is 20.4. The molecule has 2 aromatic carbocycles. The molecule has 0 spiro atoms. The number of nitrogens with one attached hydrogen (secondary N) is 1. The minimum absolute atomic E-state index is 0.210. The molecule has 0 bridgehead atoms. The van der Waals surface area contributed by atoms with Crippen molar-refractivity contribution in [2.75, 3.05) is 26.9 Å². The predicted octanol–water partition coefficient (Wildman–Crippen LogP) is 2.91. The van der Waals surface area contributed by atoms with Gasteiger partial charge in [-0.1, -0.05) is 42.5 Å². The molecule has 2 unspecified atom stereocenters. The van der Waals surface area contributed by atoms with Crippen molar-refractivity contribution in [1.82, 2.24) is 5.32 Å². The van der Waals surface area contributed by atoms with E-state index in [1.54, 1.807) is 0 Å². The molecule has 1 fully saturated rings. The van der Waals surface area contributed by atoms with Gasteiger partial charge in [-0.2, -0.15) is 0 Å². The minimum Gasteiger partial charge on any atom is -0.379 e. The molecule has 20 heavy (non-hydrogen) atoms. The van der Waals surface area contributed by atoms with Crippen LogP contribution in [0.3, 0.4) is 0 Å². The van der Waals surface area contributed by atoms with E-state index in [0.717, 1.165) is 19.6 Å². The summed E-state index contributed by atoms with van der Waals surface area (Å²) < 4.78 is 11.3. The van der Waals surface area contributed by atoms with Crippen LogP contribution in [-0.2, 0) is 9.47 Å². The third-order valence-electron chi connectivity index (χ3n) is 3.93. The molecule has 0 radical (unpaired) electrons. The van der Waals surface area contributed by atoms with Gasteiger partial charge in [0.1, 0.15) is 0 Å². The van der Waals surface area contributed by atoms with E-state index in [1.807, 2.05) is 7.05 Å². The second kappa shape index (κ2) is 6.35. The first-order chi connectivity index (χ1) is 9.88. The van der Waals surface area contributed by atoms with Crippen LogP contribution in [0.1, 0.15) is 18.0 Å². The zero-order chi connectivity index (χ0) is 13.8. The van der Waals surface area contributed by atoms with Crippen LogP contribution in [0.5, 0.6) is 0 Å². The van der Waals surface area contributed by atoms with Gasteiger partial charge in [0.2, 0.25) is 0 Å². The Balaban J connectivity index is 1.79. The van der Waals surface area contributed by atoms with Crippen molar-refractivity contribution in [1.29, 1.82) is 0 Å². The van der Waals surface area contributed by atoms with Crippen molar-refractivity contribution in [3.05, 3.63) is 48.0 Å². The van der Waals surface area contributed by atoms with E-state index in [1.165, 1.54) is 16.3 Å². The number of hydrogen-bond acceptors (Lipinski definition) is 3. The van der Waals surface area contributed by atoms with Gasteiger partial charge < -0.3 is 14.8 Å². The Kier molecular flexibility index (Phi) is 4.31. The first-order valence-electron chi connectivity index (χ1n) is 7.23. The number of hydrogen-bond donors (Lipinski definition) is 1. The number of ether oxygens (including phenoxy) is 2. The molecule has 2 atom stereocenters.